The lowest BCUT2D eigenvalue weighted by molar-refractivity contribution is 0.0955. The highest BCUT2D eigenvalue weighted by molar-refractivity contribution is 6.30. The van der Waals surface area contributed by atoms with Crippen LogP contribution in [0.4, 0.5) is 0 Å². The molecule has 0 aliphatic carbocycles. The number of amides is 1. The molecule has 0 radical (unpaired) electrons. The van der Waals surface area contributed by atoms with Crippen molar-refractivity contribution in [1.29, 1.82) is 0 Å². The predicted molar refractivity (Wildman–Crippen MR) is 95.9 cm³/mol. The van der Waals surface area contributed by atoms with Crippen molar-refractivity contribution in [1.82, 2.24) is 15.2 Å². The first kappa shape index (κ1) is 16.7. The number of aromatic hydroxyl groups is 1. The highest BCUT2D eigenvalue weighted by Gasteiger charge is 2.06. The highest BCUT2D eigenvalue weighted by atomic mass is 35.5. The number of carbonyl (C=O) groups is 1. The van der Waals surface area contributed by atoms with Gasteiger partial charge >= 0.3 is 0 Å². The lowest BCUT2D eigenvalue weighted by atomic mass is 10.1. The second-order valence-corrected chi connectivity index (χ2v) is 5.74. The first-order chi connectivity index (χ1) is 12.1. The van der Waals surface area contributed by atoms with Crippen molar-refractivity contribution in [2.24, 2.45) is 5.10 Å². The minimum Gasteiger partial charge on any atom is -0.507 e. The molecule has 1 heterocycles. The van der Waals surface area contributed by atoms with Crippen LogP contribution in [-0.4, -0.2) is 27.0 Å². The zero-order valence-corrected chi connectivity index (χ0v) is 13.9. The molecule has 3 aromatic rings. The van der Waals surface area contributed by atoms with E-state index in [9.17, 15) is 9.90 Å². The SMILES string of the molecule is O=C(N/N=C/c1cc(Cl)ccc1O)c1cccc(Cn2cccn2)c1. The van der Waals surface area contributed by atoms with Gasteiger partial charge in [-0.1, -0.05) is 23.7 Å². The van der Waals surface area contributed by atoms with Gasteiger partial charge in [0.2, 0.25) is 0 Å². The van der Waals surface area contributed by atoms with Gasteiger partial charge in [0.15, 0.2) is 0 Å². The third-order valence-electron chi connectivity index (χ3n) is 3.45. The number of phenolic OH excluding ortho intramolecular Hbond substituents is 1. The molecule has 0 bridgehead atoms. The van der Waals surface area contributed by atoms with Crippen molar-refractivity contribution in [2.75, 3.05) is 0 Å². The summed E-state index contributed by atoms with van der Waals surface area (Å²) in [6.07, 6.45) is 4.90. The van der Waals surface area contributed by atoms with Crippen molar-refractivity contribution in [3.8, 4) is 5.75 Å². The molecule has 0 fully saturated rings. The van der Waals surface area contributed by atoms with Gasteiger partial charge in [0, 0.05) is 28.5 Å². The first-order valence-electron chi connectivity index (χ1n) is 7.50. The number of nitrogens with zero attached hydrogens (tertiary/aromatic N) is 3. The van der Waals surface area contributed by atoms with Gasteiger partial charge in [-0.15, -0.1) is 0 Å². The summed E-state index contributed by atoms with van der Waals surface area (Å²) in [5.74, 6) is -0.316. The van der Waals surface area contributed by atoms with Crippen molar-refractivity contribution in [3.63, 3.8) is 0 Å². The van der Waals surface area contributed by atoms with E-state index in [0.29, 0.717) is 22.7 Å². The summed E-state index contributed by atoms with van der Waals surface area (Å²) in [6.45, 7) is 0.577. The number of benzene rings is 2. The molecule has 25 heavy (non-hydrogen) atoms. The number of hydrazone groups is 1. The molecule has 2 aromatic carbocycles. The molecule has 0 saturated carbocycles. The average molecular weight is 355 g/mol. The Kier molecular flexibility index (Phi) is 5.11. The van der Waals surface area contributed by atoms with E-state index in [1.807, 2.05) is 18.3 Å². The van der Waals surface area contributed by atoms with E-state index in [1.54, 1.807) is 41.2 Å². The van der Waals surface area contributed by atoms with Gasteiger partial charge in [-0.25, -0.2) is 5.43 Å². The van der Waals surface area contributed by atoms with E-state index < -0.39 is 0 Å². The molecule has 0 spiro atoms. The number of nitrogens with one attached hydrogen (secondary N) is 1. The molecule has 1 amide bonds. The number of hydrogen-bond donors (Lipinski definition) is 2. The summed E-state index contributed by atoms with van der Waals surface area (Å²) in [5, 5.41) is 18.2. The Morgan fingerprint density at radius 3 is 2.96 bits per heavy atom. The van der Waals surface area contributed by atoms with Crippen LogP contribution in [0.2, 0.25) is 5.02 Å². The van der Waals surface area contributed by atoms with E-state index in [2.05, 4.69) is 15.6 Å². The van der Waals surface area contributed by atoms with E-state index >= 15 is 0 Å². The van der Waals surface area contributed by atoms with Gasteiger partial charge in [0.25, 0.3) is 5.91 Å². The van der Waals surface area contributed by atoms with Crippen LogP contribution >= 0.6 is 11.6 Å². The molecule has 0 atom stereocenters. The van der Waals surface area contributed by atoms with Crippen LogP contribution in [-0.2, 0) is 6.54 Å². The van der Waals surface area contributed by atoms with Crippen molar-refractivity contribution < 1.29 is 9.90 Å². The quantitative estimate of drug-likeness (QED) is 0.546. The fourth-order valence-corrected chi connectivity index (χ4v) is 2.43. The van der Waals surface area contributed by atoms with Crippen LogP contribution in [0.15, 0.2) is 66.0 Å². The van der Waals surface area contributed by atoms with Crippen molar-refractivity contribution >= 4 is 23.7 Å². The number of aromatic nitrogens is 2. The molecule has 3 rings (SSSR count). The summed E-state index contributed by atoms with van der Waals surface area (Å²) in [7, 11) is 0. The molecule has 0 unspecified atom stereocenters. The second kappa shape index (κ2) is 7.63. The minimum atomic E-state index is -0.347. The zero-order chi connectivity index (χ0) is 17.6. The first-order valence-corrected chi connectivity index (χ1v) is 7.88. The van der Waals surface area contributed by atoms with Crippen LogP contribution in [0.1, 0.15) is 21.5 Å². The molecule has 7 heteroatoms. The fourth-order valence-electron chi connectivity index (χ4n) is 2.25. The fraction of sp³-hybridized carbons (Fsp3) is 0.0556. The van der Waals surface area contributed by atoms with E-state index in [4.69, 9.17) is 11.6 Å². The summed E-state index contributed by atoms with van der Waals surface area (Å²) in [4.78, 5) is 12.2. The van der Waals surface area contributed by atoms with Gasteiger partial charge in [0.05, 0.1) is 12.8 Å². The maximum atomic E-state index is 12.2. The third kappa shape index (κ3) is 4.45. The molecular formula is C18H15ClN4O2. The number of phenols is 1. The second-order valence-electron chi connectivity index (χ2n) is 5.31. The Labute approximate surface area is 149 Å². The van der Waals surface area contributed by atoms with Crippen LogP contribution in [0.5, 0.6) is 5.75 Å². The normalized spacial score (nSPS) is 10.9. The monoisotopic (exact) mass is 354 g/mol. The lowest BCUT2D eigenvalue weighted by Gasteiger charge is -2.05. The molecule has 6 nitrogen and oxygen atoms in total. The standard InChI is InChI=1S/C18H15ClN4O2/c19-16-5-6-17(24)15(10-16)11-20-22-18(25)14-4-1-3-13(9-14)12-23-8-2-7-21-23/h1-11,24H,12H2,(H,22,25)/b20-11+. The van der Waals surface area contributed by atoms with E-state index in [-0.39, 0.29) is 11.7 Å². The van der Waals surface area contributed by atoms with Gasteiger partial charge in [-0.05, 0) is 42.0 Å². The molecule has 2 N–H and O–H groups in total. The van der Waals surface area contributed by atoms with Crippen molar-refractivity contribution in [2.45, 2.75) is 6.54 Å². The number of hydrogen-bond acceptors (Lipinski definition) is 4. The Morgan fingerprint density at radius 2 is 2.16 bits per heavy atom. The molecule has 0 aliphatic rings. The molecule has 126 valence electrons. The summed E-state index contributed by atoms with van der Waals surface area (Å²) in [6, 6.07) is 13.6. The largest absolute Gasteiger partial charge is 0.507 e. The minimum absolute atomic E-state index is 0.0311. The van der Waals surface area contributed by atoms with Crippen molar-refractivity contribution in [3.05, 3.63) is 82.6 Å². The third-order valence-corrected chi connectivity index (χ3v) is 3.69. The Bertz CT molecular complexity index is 907. The van der Waals surface area contributed by atoms with Gasteiger partial charge < -0.3 is 5.11 Å². The number of carbonyl (C=O) groups excluding carboxylic acids is 1. The highest BCUT2D eigenvalue weighted by Crippen LogP contribution is 2.19. The smallest absolute Gasteiger partial charge is 0.271 e. The lowest BCUT2D eigenvalue weighted by Crippen LogP contribution is -2.18. The number of halogens is 1. The van der Waals surface area contributed by atoms with Gasteiger partial charge in [-0.3, -0.25) is 9.48 Å². The molecule has 0 saturated heterocycles. The van der Waals surface area contributed by atoms with Gasteiger partial charge in [-0.2, -0.15) is 10.2 Å². The van der Waals surface area contributed by atoms with Gasteiger partial charge in [0.1, 0.15) is 5.75 Å². The average Bonchev–Trinajstić information content (AvgIpc) is 3.11. The molecule has 0 aliphatic heterocycles. The topological polar surface area (TPSA) is 79.5 Å². The number of rotatable bonds is 5. The van der Waals surface area contributed by atoms with E-state index in [1.165, 1.54) is 12.3 Å². The maximum Gasteiger partial charge on any atom is 0.271 e. The summed E-state index contributed by atoms with van der Waals surface area (Å²) in [5.41, 5.74) is 4.29. The predicted octanol–water partition coefficient (Wildman–Crippen LogP) is 3.05. The molecule has 1 aromatic heterocycles. The summed E-state index contributed by atoms with van der Waals surface area (Å²) >= 11 is 5.86. The van der Waals surface area contributed by atoms with Crippen LogP contribution in [0, 0.1) is 0 Å². The Morgan fingerprint density at radius 1 is 1.28 bits per heavy atom. The zero-order valence-electron chi connectivity index (χ0n) is 13.1. The summed E-state index contributed by atoms with van der Waals surface area (Å²) < 4.78 is 1.77. The van der Waals surface area contributed by atoms with Crippen LogP contribution < -0.4 is 5.43 Å². The molecular weight excluding hydrogens is 340 g/mol. The Balaban J connectivity index is 1.67. The van der Waals surface area contributed by atoms with E-state index in [0.717, 1.165) is 5.56 Å². The Hall–Kier alpha value is -3.12. The van der Waals surface area contributed by atoms with Crippen LogP contribution in [0.3, 0.4) is 0 Å². The van der Waals surface area contributed by atoms with Crippen LogP contribution in [0.25, 0.3) is 0 Å². The maximum absolute atomic E-state index is 12.2.